The van der Waals surface area contributed by atoms with Gasteiger partial charge in [-0.25, -0.2) is 8.42 Å². The first-order chi connectivity index (χ1) is 14.5. The van der Waals surface area contributed by atoms with Crippen LogP contribution in [0.1, 0.15) is 16.1 Å². The van der Waals surface area contributed by atoms with Gasteiger partial charge in [-0.3, -0.25) is 29.7 Å². The molecule has 0 aliphatic carbocycles. The van der Waals surface area contributed by atoms with Gasteiger partial charge in [0.25, 0.3) is 27.3 Å². The summed E-state index contributed by atoms with van der Waals surface area (Å²) in [6, 6.07) is 8.90. The van der Waals surface area contributed by atoms with E-state index in [1.807, 2.05) is 0 Å². The Hall–Kier alpha value is -4.33. The molecule has 0 radical (unpaired) electrons. The number of aryl methyl sites for hydroxylation is 1. The minimum atomic E-state index is -3.96. The number of nitro benzene ring substituents is 2. The van der Waals surface area contributed by atoms with Crippen molar-refractivity contribution in [3.05, 3.63) is 80.1 Å². The molecule has 0 spiro atoms. The lowest BCUT2D eigenvalue weighted by Gasteiger charge is -2.08. The summed E-state index contributed by atoms with van der Waals surface area (Å²) >= 11 is 0. The lowest BCUT2D eigenvalue weighted by Crippen LogP contribution is -2.14. The zero-order valence-electron chi connectivity index (χ0n) is 15.6. The second-order valence-electron chi connectivity index (χ2n) is 6.16. The van der Waals surface area contributed by atoms with E-state index in [-0.39, 0.29) is 22.0 Å². The fourth-order valence-electron chi connectivity index (χ4n) is 2.47. The number of hydrogen-bond acceptors (Lipinski definition) is 9. The molecule has 13 nitrogen and oxygen atoms in total. The summed E-state index contributed by atoms with van der Waals surface area (Å²) in [5, 5.41) is 27.8. The Labute approximate surface area is 174 Å². The number of rotatable bonds is 7. The molecule has 0 saturated carbocycles. The van der Waals surface area contributed by atoms with Gasteiger partial charge >= 0.3 is 0 Å². The van der Waals surface area contributed by atoms with E-state index in [0.717, 1.165) is 18.2 Å². The van der Waals surface area contributed by atoms with Crippen LogP contribution in [-0.2, 0) is 10.0 Å². The van der Waals surface area contributed by atoms with Gasteiger partial charge < -0.3 is 9.84 Å². The van der Waals surface area contributed by atoms with E-state index in [1.165, 1.54) is 30.3 Å². The SMILES string of the molecule is Cc1cc(NS(=O)(=O)c2ccc(NC(=O)c3cc([N+](=O)[O-])cc([N+](=O)[O-])c3)cc2)no1. The van der Waals surface area contributed by atoms with Crippen molar-refractivity contribution >= 4 is 38.8 Å². The minimum absolute atomic E-state index is 0.00199. The topological polar surface area (TPSA) is 188 Å². The number of benzene rings is 2. The molecule has 0 unspecified atom stereocenters. The second-order valence-corrected chi connectivity index (χ2v) is 7.84. The number of amides is 1. The zero-order chi connectivity index (χ0) is 22.8. The molecule has 1 amide bonds. The Balaban J connectivity index is 1.79. The van der Waals surface area contributed by atoms with Gasteiger partial charge in [-0.2, -0.15) is 0 Å². The highest BCUT2D eigenvalue weighted by Gasteiger charge is 2.20. The lowest BCUT2D eigenvalue weighted by atomic mass is 10.1. The molecule has 1 aromatic heterocycles. The number of aromatic nitrogens is 1. The summed E-state index contributed by atoms with van der Waals surface area (Å²) in [5.41, 5.74) is -1.37. The van der Waals surface area contributed by atoms with Crippen molar-refractivity contribution in [2.45, 2.75) is 11.8 Å². The summed E-state index contributed by atoms with van der Waals surface area (Å²) in [4.78, 5) is 32.4. The third-order valence-electron chi connectivity index (χ3n) is 3.88. The molecule has 2 aromatic carbocycles. The van der Waals surface area contributed by atoms with Gasteiger partial charge in [-0.15, -0.1) is 0 Å². The fraction of sp³-hybridized carbons (Fsp3) is 0.0588. The molecule has 0 saturated heterocycles. The van der Waals surface area contributed by atoms with Crippen LogP contribution in [-0.4, -0.2) is 29.3 Å². The van der Waals surface area contributed by atoms with Crippen LogP contribution >= 0.6 is 0 Å². The number of hydrogen-bond donors (Lipinski definition) is 2. The Bertz CT molecular complexity index is 1250. The first kappa shape index (κ1) is 21.4. The van der Waals surface area contributed by atoms with Crippen LogP contribution in [0.2, 0.25) is 0 Å². The van der Waals surface area contributed by atoms with Crippen molar-refractivity contribution in [2.24, 2.45) is 0 Å². The number of non-ortho nitro benzene ring substituents is 2. The summed E-state index contributed by atoms with van der Waals surface area (Å²) < 4.78 is 31.7. The van der Waals surface area contributed by atoms with Gasteiger partial charge in [-0.1, -0.05) is 5.16 Å². The van der Waals surface area contributed by atoms with Crippen LogP contribution < -0.4 is 10.0 Å². The van der Waals surface area contributed by atoms with E-state index in [2.05, 4.69) is 15.2 Å². The molecule has 31 heavy (non-hydrogen) atoms. The maximum absolute atomic E-state index is 12.4. The van der Waals surface area contributed by atoms with E-state index in [4.69, 9.17) is 4.52 Å². The highest BCUT2D eigenvalue weighted by molar-refractivity contribution is 7.92. The molecule has 160 valence electrons. The van der Waals surface area contributed by atoms with E-state index < -0.39 is 37.2 Å². The number of anilines is 2. The van der Waals surface area contributed by atoms with Crippen molar-refractivity contribution in [2.75, 3.05) is 10.0 Å². The number of nitrogens with zero attached hydrogens (tertiary/aromatic N) is 3. The van der Waals surface area contributed by atoms with Gasteiger partial charge in [0.1, 0.15) is 5.76 Å². The normalized spacial score (nSPS) is 11.0. The van der Waals surface area contributed by atoms with Gasteiger partial charge in [-0.05, 0) is 31.2 Å². The van der Waals surface area contributed by atoms with Crippen LogP contribution in [0, 0.1) is 27.2 Å². The summed E-state index contributed by atoms with van der Waals surface area (Å²) in [5.74, 6) is -0.433. The van der Waals surface area contributed by atoms with Gasteiger partial charge in [0.05, 0.1) is 26.4 Å². The van der Waals surface area contributed by atoms with Crippen molar-refractivity contribution < 1.29 is 27.6 Å². The standard InChI is InChI=1S/C17H13N5O8S/c1-10-6-16(19-30-10)20-31(28,29)15-4-2-12(3-5-15)18-17(23)11-7-13(21(24)25)9-14(8-11)22(26)27/h2-9H,1H3,(H,18,23)(H,19,20). The second kappa shape index (κ2) is 8.19. The van der Waals surface area contributed by atoms with Gasteiger partial charge in [0, 0.05) is 23.9 Å². The van der Waals surface area contributed by atoms with Crippen LogP contribution in [0.25, 0.3) is 0 Å². The van der Waals surface area contributed by atoms with Crippen LogP contribution in [0.15, 0.2) is 57.9 Å². The molecule has 3 aromatic rings. The lowest BCUT2D eigenvalue weighted by molar-refractivity contribution is -0.394. The first-order valence-electron chi connectivity index (χ1n) is 8.36. The summed E-state index contributed by atoms with van der Waals surface area (Å²) in [6.45, 7) is 1.60. The Morgan fingerprint density at radius 2 is 1.58 bits per heavy atom. The Morgan fingerprint density at radius 3 is 2.06 bits per heavy atom. The van der Waals surface area contributed by atoms with E-state index in [9.17, 15) is 33.4 Å². The van der Waals surface area contributed by atoms with Gasteiger partial charge in [0.15, 0.2) is 5.82 Å². The predicted molar refractivity (Wildman–Crippen MR) is 106 cm³/mol. The predicted octanol–water partition coefficient (Wildman–Crippen LogP) is 2.85. The number of carbonyl (C=O) groups is 1. The van der Waals surface area contributed by atoms with Crippen molar-refractivity contribution in [3.8, 4) is 0 Å². The molecule has 0 aliphatic rings. The first-order valence-corrected chi connectivity index (χ1v) is 9.85. The molecular weight excluding hydrogens is 434 g/mol. The van der Waals surface area contributed by atoms with Crippen LogP contribution in [0.3, 0.4) is 0 Å². The van der Waals surface area contributed by atoms with Crippen LogP contribution in [0.4, 0.5) is 22.9 Å². The summed E-state index contributed by atoms with van der Waals surface area (Å²) in [7, 11) is -3.96. The molecule has 14 heteroatoms. The fourth-order valence-corrected chi connectivity index (χ4v) is 3.45. The molecule has 0 atom stereocenters. The number of sulfonamides is 1. The minimum Gasteiger partial charge on any atom is -0.360 e. The Kier molecular flexibility index (Phi) is 5.65. The van der Waals surface area contributed by atoms with Crippen molar-refractivity contribution in [3.63, 3.8) is 0 Å². The highest BCUT2D eigenvalue weighted by atomic mass is 32.2. The average Bonchev–Trinajstić information content (AvgIpc) is 3.11. The van der Waals surface area contributed by atoms with Gasteiger partial charge in [0.2, 0.25) is 0 Å². The smallest absolute Gasteiger partial charge is 0.277 e. The molecular formula is C17H13N5O8S. The number of carbonyl (C=O) groups excluding carboxylic acids is 1. The molecule has 0 fully saturated rings. The monoisotopic (exact) mass is 447 g/mol. The Morgan fingerprint density at radius 1 is 1.00 bits per heavy atom. The van der Waals surface area contributed by atoms with Crippen molar-refractivity contribution in [1.82, 2.24) is 5.16 Å². The largest absolute Gasteiger partial charge is 0.360 e. The van der Waals surface area contributed by atoms with E-state index >= 15 is 0 Å². The molecule has 0 bridgehead atoms. The molecule has 0 aliphatic heterocycles. The highest BCUT2D eigenvalue weighted by Crippen LogP contribution is 2.24. The van der Waals surface area contributed by atoms with E-state index in [1.54, 1.807) is 6.92 Å². The molecule has 1 heterocycles. The summed E-state index contributed by atoms with van der Waals surface area (Å²) in [6.07, 6.45) is 0. The van der Waals surface area contributed by atoms with Crippen LogP contribution in [0.5, 0.6) is 0 Å². The van der Waals surface area contributed by atoms with Crippen molar-refractivity contribution in [1.29, 1.82) is 0 Å². The maximum atomic E-state index is 12.4. The van der Waals surface area contributed by atoms with E-state index in [0.29, 0.717) is 5.76 Å². The third-order valence-corrected chi connectivity index (χ3v) is 5.25. The average molecular weight is 447 g/mol. The molecule has 3 rings (SSSR count). The quantitative estimate of drug-likeness (QED) is 0.405. The maximum Gasteiger partial charge on any atom is 0.277 e. The zero-order valence-corrected chi connectivity index (χ0v) is 16.5. The third kappa shape index (κ3) is 4.99. The number of nitrogens with one attached hydrogen (secondary N) is 2. The number of nitro groups is 2. The molecule has 2 N–H and O–H groups in total.